The average Bonchev–Trinajstić information content (AvgIpc) is 2.68. The molecule has 1 unspecified atom stereocenters. The minimum Gasteiger partial charge on any atom is -0.104 e. The summed E-state index contributed by atoms with van der Waals surface area (Å²) in [6.45, 7) is 9.41. The first-order valence-electron chi connectivity index (χ1n) is 13.0. The molecule has 0 aromatic rings. The summed E-state index contributed by atoms with van der Waals surface area (Å²) in [5.41, 5.74) is 1.09. The van der Waals surface area contributed by atoms with Crippen molar-refractivity contribution in [2.24, 2.45) is 0 Å². The standard InChI is InChI=1S/C26H55P/c1-5-9-12-15-17-20-24-27(25-21-18-16-13-10-6-2)26(22-8-4)23-19-14-11-7-3/h26H,5-25H2,1-4H3. The van der Waals surface area contributed by atoms with Gasteiger partial charge in [-0.1, -0.05) is 124 Å². The molecular formula is C26H55P. The zero-order valence-electron chi connectivity index (χ0n) is 19.9. The van der Waals surface area contributed by atoms with E-state index in [4.69, 9.17) is 0 Å². The third-order valence-corrected chi connectivity index (χ3v) is 9.46. The van der Waals surface area contributed by atoms with E-state index in [1.54, 1.807) is 18.7 Å². The molecule has 1 heteroatoms. The zero-order valence-corrected chi connectivity index (χ0v) is 20.8. The summed E-state index contributed by atoms with van der Waals surface area (Å²) in [7, 11) is 0.300. The van der Waals surface area contributed by atoms with Gasteiger partial charge >= 0.3 is 0 Å². The molecule has 0 saturated carbocycles. The Morgan fingerprint density at radius 3 is 1.26 bits per heavy atom. The van der Waals surface area contributed by atoms with Crippen LogP contribution in [0.4, 0.5) is 0 Å². The third-order valence-electron chi connectivity index (χ3n) is 6.13. The quantitative estimate of drug-likeness (QED) is 0.126. The molecule has 0 fully saturated rings. The van der Waals surface area contributed by atoms with Crippen molar-refractivity contribution in [3.05, 3.63) is 0 Å². The van der Waals surface area contributed by atoms with E-state index in [2.05, 4.69) is 27.7 Å². The minimum atomic E-state index is 0.300. The van der Waals surface area contributed by atoms with Crippen LogP contribution in [0.3, 0.4) is 0 Å². The highest BCUT2D eigenvalue weighted by Gasteiger charge is 2.19. The van der Waals surface area contributed by atoms with E-state index in [1.807, 2.05) is 0 Å². The Morgan fingerprint density at radius 2 is 0.815 bits per heavy atom. The molecule has 1 atom stereocenters. The van der Waals surface area contributed by atoms with Crippen molar-refractivity contribution >= 4 is 7.92 Å². The fourth-order valence-corrected chi connectivity index (χ4v) is 7.70. The van der Waals surface area contributed by atoms with Crippen LogP contribution in [-0.4, -0.2) is 18.0 Å². The highest BCUT2D eigenvalue weighted by Crippen LogP contribution is 2.47. The van der Waals surface area contributed by atoms with Gasteiger partial charge in [-0.2, -0.15) is 0 Å². The fourth-order valence-electron chi connectivity index (χ4n) is 4.32. The van der Waals surface area contributed by atoms with Crippen LogP contribution in [0.1, 0.15) is 150 Å². The molecule has 0 rings (SSSR count). The van der Waals surface area contributed by atoms with Crippen LogP contribution in [0.25, 0.3) is 0 Å². The number of hydrogen-bond donors (Lipinski definition) is 0. The Bertz CT molecular complexity index is 247. The van der Waals surface area contributed by atoms with Crippen LogP contribution in [0, 0.1) is 0 Å². The summed E-state index contributed by atoms with van der Waals surface area (Å²) in [6, 6.07) is 0. The van der Waals surface area contributed by atoms with E-state index < -0.39 is 0 Å². The van der Waals surface area contributed by atoms with Gasteiger partial charge in [-0.05, 0) is 43.7 Å². The van der Waals surface area contributed by atoms with E-state index in [1.165, 1.54) is 116 Å². The SMILES string of the molecule is CCCCCCCCP(CCCCCCCC)C(CCC)CCCCCC. The molecule has 0 aromatic heterocycles. The normalized spacial score (nSPS) is 12.8. The Labute approximate surface area is 175 Å². The summed E-state index contributed by atoms with van der Waals surface area (Å²) in [5, 5.41) is 0. The van der Waals surface area contributed by atoms with E-state index in [0.29, 0.717) is 7.92 Å². The lowest BCUT2D eigenvalue weighted by molar-refractivity contribution is 0.584. The molecule has 0 spiro atoms. The summed E-state index contributed by atoms with van der Waals surface area (Å²) >= 11 is 0. The molecular weight excluding hydrogens is 343 g/mol. The highest BCUT2D eigenvalue weighted by atomic mass is 31.1. The lowest BCUT2D eigenvalue weighted by Gasteiger charge is -2.28. The van der Waals surface area contributed by atoms with Crippen molar-refractivity contribution in [2.45, 2.75) is 155 Å². The fraction of sp³-hybridized carbons (Fsp3) is 1.00. The number of unbranched alkanes of at least 4 members (excludes halogenated alkanes) is 13. The van der Waals surface area contributed by atoms with Gasteiger partial charge in [0.05, 0.1) is 0 Å². The van der Waals surface area contributed by atoms with Gasteiger partial charge in [0.25, 0.3) is 0 Å². The van der Waals surface area contributed by atoms with E-state index >= 15 is 0 Å². The van der Waals surface area contributed by atoms with Gasteiger partial charge in [0.1, 0.15) is 0 Å². The van der Waals surface area contributed by atoms with Gasteiger partial charge in [-0.25, -0.2) is 0 Å². The summed E-state index contributed by atoms with van der Waals surface area (Å²) < 4.78 is 0. The molecule has 0 nitrogen and oxygen atoms in total. The highest BCUT2D eigenvalue weighted by molar-refractivity contribution is 7.58. The second-order valence-electron chi connectivity index (χ2n) is 8.86. The van der Waals surface area contributed by atoms with Crippen molar-refractivity contribution in [2.75, 3.05) is 12.3 Å². The van der Waals surface area contributed by atoms with Crippen LogP contribution in [-0.2, 0) is 0 Å². The second kappa shape index (κ2) is 22.7. The van der Waals surface area contributed by atoms with Gasteiger partial charge in [0.2, 0.25) is 0 Å². The first kappa shape index (κ1) is 27.4. The van der Waals surface area contributed by atoms with E-state index in [9.17, 15) is 0 Å². The van der Waals surface area contributed by atoms with E-state index in [-0.39, 0.29) is 0 Å². The molecule has 27 heavy (non-hydrogen) atoms. The molecule has 164 valence electrons. The maximum atomic E-state index is 2.42. The smallest absolute Gasteiger partial charge is 0.0209 e. The number of rotatable bonds is 22. The van der Waals surface area contributed by atoms with Gasteiger partial charge in [-0.3, -0.25) is 0 Å². The Balaban J connectivity index is 4.31. The largest absolute Gasteiger partial charge is 0.104 e. The van der Waals surface area contributed by atoms with Gasteiger partial charge in [0.15, 0.2) is 0 Å². The van der Waals surface area contributed by atoms with E-state index in [0.717, 1.165) is 5.66 Å². The van der Waals surface area contributed by atoms with Crippen molar-refractivity contribution in [1.82, 2.24) is 0 Å². The Kier molecular flexibility index (Phi) is 23.1. The first-order valence-corrected chi connectivity index (χ1v) is 14.8. The van der Waals surface area contributed by atoms with Crippen molar-refractivity contribution < 1.29 is 0 Å². The van der Waals surface area contributed by atoms with Crippen LogP contribution in [0.2, 0.25) is 0 Å². The molecule has 0 aromatic carbocycles. The molecule has 0 N–H and O–H groups in total. The van der Waals surface area contributed by atoms with Gasteiger partial charge in [-0.15, -0.1) is 7.92 Å². The zero-order chi connectivity index (χ0) is 20.0. The van der Waals surface area contributed by atoms with Gasteiger partial charge in [0, 0.05) is 0 Å². The molecule has 0 aliphatic heterocycles. The number of hydrogen-bond acceptors (Lipinski definition) is 0. The third kappa shape index (κ3) is 18.2. The topological polar surface area (TPSA) is 0 Å². The van der Waals surface area contributed by atoms with Crippen LogP contribution < -0.4 is 0 Å². The summed E-state index contributed by atoms with van der Waals surface area (Å²) in [6.07, 6.45) is 31.1. The maximum absolute atomic E-state index is 2.42. The predicted octanol–water partition coefficient (Wildman–Crippen LogP) is 10.3. The molecule has 0 bridgehead atoms. The van der Waals surface area contributed by atoms with Crippen molar-refractivity contribution in [3.8, 4) is 0 Å². The lowest BCUT2D eigenvalue weighted by Crippen LogP contribution is -2.11. The maximum Gasteiger partial charge on any atom is -0.0209 e. The summed E-state index contributed by atoms with van der Waals surface area (Å²) in [4.78, 5) is 0. The van der Waals surface area contributed by atoms with Crippen molar-refractivity contribution in [3.63, 3.8) is 0 Å². The molecule has 0 radical (unpaired) electrons. The summed E-state index contributed by atoms with van der Waals surface area (Å²) in [5.74, 6) is 0. The predicted molar refractivity (Wildman–Crippen MR) is 131 cm³/mol. The Hall–Kier alpha value is 0.430. The molecule has 0 aliphatic rings. The molecule has 0 amide bonds. The van der Waals surface area contributed by atoms with Crippen LogP contribution >= 0.6 is 7.92 Å². The van der Waals surface area contributed by atoms with Gasteiger partial charge < -0.3 is 0 Å². The lowest BCUT2D eigenvalue weighted by atomic mass is 10.1. The molecule has 0 saturated heterocycles. The second-order valence-corrected chi connectivity index (χ2v) is 11.7. The average molecular weight is 399 g/mol. The molecule has 0 aliphatic carbocycles. The molecule has 0 heterocycles. The van der Waals surface area contributed by atoms with Crippen LogP contribution in [0.5, 0.6) is 0 Å². The Morgan fingerprint density at radius 1 is 0.407 bits per heavy atom. The minimum absolute atomic E-state index is 0.300. The van der Waals surface area contributed by atoms with Crippen LogP contribution in [0.15, 0.2) is 0 Å². The monoisotopic (exact) mass is 398 g/mol. The first-order chi connectivity index (χ1) is 13.3. The van der Waals surface area contributed by atoms with Crippen molar-refractivity contribution in [1.29, 1.82) is 0 Å².